The number of morpholine rings is 1. The van der Waals surface area contributed by atoms with Gasteiger partial charge < -0.3 is 44.7 Å². The number of carbonyl (C=O) groups excluding carboxylic acids is 2. The Kier molecular flexibility index (Phi) is 23.7. The number of hydrogen-bond acceptors (Lipinski definition) is 15. The van der Waals surface area contributed by atoms with Crippen molar-refractivity contribution in [2.75, 3.05) is 104 Å². The third-order valence-corrected chi connectivity index (χ3v) is 11.1. The van der Waals surface area contributed by atoms with Crippen LogP contribution in [0.5, 0.6) is 6.01 Å². The zero-order valence-electron chi connectivity index (χ0n) is 39.1. The molecule has 1 saturated heterocycles. The Balaban J connectivity index is 1.37. The highest BCUT2D eigenvalue weighted by Gasteiger charge is 2.20. The number of carbonyl (C=O) groups is 2. The standard InChI is InChI=1S/C46H77N9O9/c1-6-7-27-64-45-49-42(47-40(59)17-9-8-10-18-52(31-35(2)56)20-13-23-54(32-36(3)57)33-37(4)58)41-43(50-45)55(46(61)48-41)24-14-22-53(21-12-19-51-25-28-63-29-26-51)34-38-15-11-16-39(30-38)44(60)62-5/h11,15-16,30,35-37,56-58H,6-10,12-14,17-29,31-34H2,1-5H3,(H,48,61)(H,47,49,50,59). The van der Waals surface area contributed by atoms with Crippen molar-refractivity contribution < 1.29 is 39.1 Å². The monoisotopic (exact) mass is 900 g/mol. The molecule has 1 aliphatic rings. The van der Waals surface area contributed by atoms with Gasteiger partial charge in [-0.25, -0.2) is 9.59 Å². The molecular weight excluding hydrogens is 823 g/mol. The summed E-state index contributed by atoms with van der Waals surface area (Å²) in [6, 6.07) is 7.58. The zero-order chi connectivity index (χ0) is 46.3. The summed E-state index contributed by atoms with van der Waals surface area (Å²) in [5, 5.41) is 32.8. The number of methoxy groups -OCH3 is 1. The van der Waals surface area contributed by atoms with Gasteiger partial charge in [0, 0.05) is 58.8 Å². The molecule has 0 saturated carbocycles. The van der Waals surface area contributed by atoms with Gasteiger partial charge in [-0.05, 0) is 110 Å². The fourth-order valence-corrected chi connectivity index (χ4v) is 8.10. The van der Waals surface area contributed by atoms with Crippen LogP contribution in [0.4, 0.5) is 5.82 Å². The molecule has 3 heterocycles. The van der Waals surface area contributed by atoms with Gasteiger partial charge in [-0.2, -0.15) is 9.97 Å². The Hall–Kier alpha value is -4.01. The highest BCUT2D eigenvalue weighted by Crippen LogP contribution is 2.22. The van der Waals surface area contributed by atoms with E-state index in [1.54, 1.807) is 31.4 Å². The number of fused-ring (bicyclic) bond motifs is 1. The number of aromatic nitrogens is 4. The Labute approximate surface area is 379 Å². The van der Waals surface area contributed by atoms with Crippen LogP contribution in [0.15, 0.2) is 29.1 Å². The molecule has 0 spiro atoms. The summed E-state index contributed by atoms with van der Waals surface area (Å²) in [7, 11) is 1.38. The van der Waals surface area contributed by atoms with Crippen molar-refractivity contribution in [1.29, 1.82) is 0 Å². The lowest BCUT2D eigenvalue weighted by Crippen LogP contribution is -2.39. The van der Waals surface area contributed by atoms with Gasteiger partial charge >= 0.3 is 17.7 Å². The van der Waals surface area contributed by atoms with E-state index in [4.69, 9.17) is 14.2 Å². The Morgan fingerprint density at radius 3 is 2.19 bits per heavy atom. The molecular formula is C46H77N9O9. The first kappa shape index (κ1) is 52.6. The number of hydrogen-bond donors (Lipinski definition) is 5. The maximum absolute atomic E-state index is 13.5. The highest BCUT2D eigenvalue weighted by molar-refractivity contribution is 5.97. The molecule has 1 aromatic carbocycles. The van der Waals surface area contributed by atoms with Crippen LogP contribution in [0.1, 0.15) is 101 Å². The molecule has 64 heavy (non-hydrogen) atoms. The van der Waals surface area contributed by atoms with Gasteiger partial charge in [0.2, 0.25) is 5.91 Å². The first-order chi connectivity index (χ1) is 30.8. The minimum absolute atomic E-state index is 0.0947. The van der Waals surface area contributed by atoms with Crippen LogP contribution in [0.2, 0.25) is 0 Å². The van der Waals surface area contributed by atoms with Crippen LogP contribution in [0, 0.1) is 0 Å². The summed E-state index contributed by atoms with van der Waals surface area (Å²) >= 11 is 0. The minimum Gasteiger partial charge on any atom is -0.465 e. The van der Waals surface area contributed by atoms with Crippen LogP contribution < -0.4 is 15.7 Å². The number of unbranched alkanes of at least 4 members (excludes halogenated alkanes) is 3. The lowest BCUT2D eigenvalue weighted by Gasteiger charge is -2.28. The van der Waals surface area contributed by atoms with Gasteiger partial charge in [-0.15, -0.1) is 0 Å². The first-order valence-corrected chi connectivity index (χ1v) is 23.5. The molecule has 0 bridgehead atoms. The number of aliphatic hydroxyl groups is 3. The molecule has 0 aliphatic carbocycles. The Morgan fingerprint density at radius 2 is 1.50 bits per heavy atom. The van der Waals surface area contributed by atoms with E-state index in [9.17, 15) is 29.7 Å². The summed E-state index contributed by atoms with van der Waals surface area (Å²) in [5.74, 6) is -0.400. The number of aliphatic hydroxyl groups excluding tert-OH is 3. The molecule has 3 aromatic rings. The lowest BCUT2D eigenvalue weighted by molar-refractivity contribution is -0.116. The van der Waals surface area contributed by atoms with Crippen LogP contribution in [-0.4, -0.2) is 184 Å². The zero-order valence-corrected chi connectivity index (χ0v) is 39.1. The van der Waals surface area contributed by atoms with E-state index in [1.807, 2.05) is 18.2 Å². The number of nitrogens with zero attached hydrogens (tertiary/aromatic N) is 7. The normalized spacial score (nSPS) is 15.0. The second-order valence-electron chi connectivity index (χ2n) is 17.3. The largest absolute Gasteiger partial charge is 0.465 e. The van der Waals surface area contributed by atoms with Crippen molar-refractivity contribution in [3.63, 3.8) is 0 Å². The van der Waals surface area contributed by atoms with Crippen molar-refractivity contribution >= 4 is 28.9 Å². The quantitative estimate of drug-likeness (QED) is 0.0450. The molecule has 18 nitrogen and oxygen atoms in total. The third kappa shape index (κ3) is 19.2. The van der Waals surface area contributed by atoms with Gasteiger partial charge in [0.15, 0.2) is 11.5 Å². The van der Waals surface area contributed by atoms with Gasteiger partial charge in [-0.3, -0.25) is 24.1 Å². The molecule has 5 N–H and O–H groups in total. The van der Waals surface area contributed by atoms with Crippen molar-refractivity contribution in [2.24, 2.45) is 0 Å². The molecule has 360 valence electrons. The predicted octanol–water partition coefficient (Wildman–Crippen LogP) is 3.34. The summed E-state index contributed by atoms with van der Waals surface area (Å²) < 4.78 is 18.0. The van der Waals surface area contributed by atoms with E-state index in [0.717, 1.165) is 103 Å². The summed E-state index contributed by atoms with van der Waals surface area (Å²) in [6.07, 6.45) is 5.25. The number of H-pyrrole nitrogens is 1. The fraction of sp³-hybridized carbons (Fsp3) is 0.717. The van der Waals surface area contributed by atoms with Gasteiger partial charge in [0.1, 0.15) is 5.52 Å². The van der Waals surface area contributed by atoms with E-state index in [-0.39, 0.29) is 35.8 Å². The van der Waals surface area contributed by atoms with E-state index in [2.05, 4.69) is 46.8 Å². The number of ether oxygens (including phenoxy) is 3. The van der Waals surface area contributed by atoms with Gasteiger partial charge in [0.05, 0.1) is 50.8 Å². The molecule has 1 aliphatic heterocycles. The smallest absolute Gasteiger partial charge is 0.337 e. The van der Waals surface area contributed by atoms with E-state index < -0.39 is 18.3 Å². The number of rotatable bonds is 32. The van der Waals surface area contributed by atoms with Crippen molar-refractivity contribution in [2.45, 2.75) is 117 Å². The van der Waals surface area contributed by atoms with E-state index in [1.165, 1.54) is 7.11 Å². The summed E-state index contributed by atoms with van der Waals surface area (Å²) in [5.41, 5.74) is 1.86. The predicted molar refractivity (Wildman–Crippen MR) is 248 cm³/mol. The SMILES string of the molecule is CCCCOc1nc(NC(=O)CCCCCN(CCCN(CC(C)O)CC(C)O)CC(C)O)c2[nH]c(=O)n(CCCN(CCCN3CCOCC3)Cc3cccc(C(=O)OC)c3)c2n1. The highest BCUT2D eigenvalue weighted by atomic mass is 16.5. The maximum Gasteiger partial charge on any atom is 0.337 e. The Morgan fingerprint density at radius 1 is 0.844 bits per heavy atom. The van der Waals surface area contributed by atoms with Gasteiger partial charge in [0.25, 0.3) is 0 Å². The molecule has 4 rings (SSSR count). The first-order valence-electron chi connectivity index (χ1n) is 23.5. The lowest BCUT2D eigenvalue weighted by atomic mass is 10.1. The van der Waals surface area contributed by atoms with E-state index >= 15 is 0 Å². The molecule has 0 radical (unpaired) electrons. The van der Waals surface area contributed by atoms with Crippen LogP contribution in [0.25, 0.3) is 11.2 Å². The average Bonchev–Trinajstić information content (AvgIpc) is 3.57. The second-order valence-corrected chi connectivity index (χ2v) is 17.3. The second kappa shape index (κ2) is 28.8. The molecule has 3 unspecified atom stereocenters. The topological polar surface area (TPSA) is 211 Å². The number of amides is 1. The molecule has 3 atom stereocenters. The van der Waals surface area contributed by atoms with E-state index in [0.29, 0.717) is 75.4 Å². The van der Waals surface area contributed by atoms with Crippen LogP contribution in [-0.2, 0) is 27.4 Å². The number of imidazole rings is 1. The number of esters is 1. The Bertz CT molecular complexity index is 1860. The number of nitrogens with one attached hydrogen (secondary N) is 2. The number of anilines is 1. The maximum atomic E-state index is 13.5. The minimum atomic E-state index is -0.485. The molecule has 18 heteroatoms. The fourth-order valence-electron chi connectivity index (χ4n) is 8.10. The van der Waals surface area contributed by atoms with Crippen molar-refractivity contribution in [3.05, 3.63) is 45.9 Å². The molecule has 1 fully saturated rings. The summed E-state index contributed by atoms with van der Waals surface area (Å²) in [4.78, 5) is 60.2. The number of aromatic amines is 1. The van der Waals surface area contributed by atoms with Gasteiger partial charge in [-0.1, -0.05) is 31.9 Å². The average molecular weight is 900 g/mol. The van der Waals surface area contributed by atoms with Crippen LogP contribution >= 0.6 is 0 Å². The number of benzene rings is 1. The van der Waals surface area contributed by atoms with Crippen molar-refractivity contribution in [3.8, 4) is 6.01 Å². The van der Waals surface area contributed by atoms with Crippen LogP contribution in [0.3, 0.4) is 0 Å². The number of aryl methyl sites for hydroxylation is 1. The third-order valence-electron chi connectivity index (χ3n) is 11.1. The molecule has 1 amide bonds. The van der Waals surface area contributed by atoms with Crippen molar-refractivity contribution in [1.82, 2.24) is 39.1 Å². The summed E-state index contributed by atoms with van der Waals surface area (Å²) in [6.45, 7) is 18.3. The molecule has 2 aromatic heterocycles.